The SMILES string of the molecule is COCCN(CCC(N)=S)C(=O)c1ccc(C)s1. The number of hydrogen-bond donors (Lipinski definition) is 1. The van der Waals surface area contributed by atoms with E-state index in [1.807, 2.05) is 19.1 Å². The first-order valence-corrected chi connectivity index (χ1v) is 6.90. The summed E-state index contributed by atoms with van der Waals surface area (Å²) in [5.74, 6) is 0.0152. The van der Waals surface area contributed by atoms with E-state index in [1.54, 1.807) is 12.0 Å². The average molecular weight is 286 g/mol. The first-order valence-electron chi connectivity index (χ1n) is 5.67. The van der Waals surface area contributed by atoms with Crippen LogP contribution in [-0.2, 0) is 4.74 Å². The van der Waals surface area contributed by atoms with Gasteiger partial charge < -0.3 is 15.4 Å². The highest BCUT2D eigenvalue weighted by molar-refractivity contribution is 7.80. The molecule has 2 N–H and O–H groups in total. The van der Waals surface area contributed by atoms with Crippen LogP contribution in [0.4, 0.5) is 0 Å². The van der Waals surface area contributed by atoms with Crippen LogP contribution in [0.3, 0.4) is 0 Å². The van der Waals surface area contributed by atoms with Crippen LogP contribution in [0.15, 0.2) is 12.1 Å². The minimum Gasteiger partial charge on any atom is -0.393 e. The number of rotatable bonds is 7. The molecule has 6 heteroatoms. The van der Waals surface area contributed by atoms with E-state index in [9.17, 15) is 4.79 Å². The van der Waals surface area contributed by atoms with Crippen LogP contribution in [-0.4, -0.2) is 42.6 Å². The van der Waals surface area contributed by atoms with Crippen LogP contribution >= 0.6 is 23.6 Å². The van der Waals surface area contributed by atoms with Crippen LogP contribution in [0.5, 0.6) is 0 Å². The van der Waals surface area contributed by atoms with Gasteiger partial charge in [-0.05, 0) is 19.1 Å². The minimum atomic E-state index is 0.0152. The summed E-state index contributed by atoms with van der Waals surface area (Å²) in [4.78, 5) is 16.3. The van der Waals surface area contributed by atoms with Crippen molar-refractivity contribution in [2.24, 2.45) is 5.73 Å². The predicted molar refractivity (Wildman–Crippen MR) is 78.2 cm³/mol. The van der Waals surface area contributed by atoms with Gasteiger partial charge in [-0.15, -0.1) is 11.3 Å². The van der Waals surface area contributed by atoms with E-state index in [-0.39, 0.29) is 5.91 Å². The Bertz CT molecular complexity index is 418. The summed E-state index contributed by atoms with van der Waals surface area (Å²) in [7, 11) is 1.62. The molecule has 0 radical (unpaired) electrons. The monoisotopic (exact) mass is 286 g/mol. The van der Waals surface area contributed by atoms with Gasteiger partial charge in [-0.2, -0.15) is 0 Å². The van der Waals surface area contributed by atoms with Crippen molar-refractivity contribution in [1.29, 1.82) is 0 Å². The molecule has 0 saturated heterocycles. The number of nitrogens with two attached hydrogens (primary N) is 1. The number of amides is 1. The van der Waals surface area contributed by atoms with Gasteiger partial charge >= 0.3 is 0 Å². The molecule has 1 amide bonds. The molecule has 0 aliphatic heterocycles. The average Bonchev–Trinajstić information content (AvgIpc) is 2.75. The summed E-state index contributed by atoms with van der Waals surface area (Å²) in [6.45, 7) is 3.58. The molecule has 0 aromatic carbocycles. The maximum Gasteiger partial charge on any atom is 0.264 e. The number of carbonyl (C=O) groups excluding carboxylic acids is 1. The standard InChI is InChI=1S/C12H18N2O2S2/c1-9-3-4-10(18-9)12(15)14(7-8-16-2)6-5-11(13)17/h3-4H,5-8H2,1-2H3,(H2,13,17). The Morgan fingerprint density at radius 3 is 2.72 bits per heavy atom. The zero-order valence-electron chi connectivity index (χ0n) is 10.6. The molecule has 0 aliphatic carbocycles. The topological polar surface area (TPSA) is 55.6 Å². The molecule has 1 aromatic rings. The van der Waals surface area contributed by atoms with Crippen molar-refractivity contribution in [1.82, 2.24) is 4.90 Å². The Labute approximate surface area is 117 Å². The summed E-state index contributed by atoms with van der Waals surface area (Å²) in [5.41, 5.74) is 5.48. The number of hydrogen-bond acceptors (Lipinski definition) is 4. The fourth-order valence-corrected chi connectivity index (χ4v) is 2.39. The highest BCUT2D eigenvalue weighted by atomic mass is 32.1. The second kappa shape index (κ2) is 7.45. The molecule has 4 nitrogen and oxygen atoms in total. The third-order valence-electron chi connectivity index (χ3n) is 2.43. The van der Waals surface area contributed by atoms with Crippen molar-refractivity contribution in [2.45, 2.75) is 13.3 Å². The Morgan fingerprint density at radius 1 is 1.50 bits per heavy atom. The molecule has 0 aliphatic rings. The number of thiocarbonyl (C=S) groups is 1. The molecule has 1 heterocycles. The van der Waals surface area contributed by atoms with Gasteiger partial charge in [-0.3, -0.25) is 4.79 Å². The molecule has 100 valence electrons. The van der Waals surface area contributed by atoms with Crippen LogP contribution in [0.1, 0.15) is 21.0 Å². The van der Waals surface area contributed by atoms with E-state index in [0.717, 1.165) is 9.75 Å². The second-order valence-corrected chi connectivity index (χ2v) is 5.72. The van der Waals surface area contributed by atoms with Gasteiger partial charge in [0, 0.05) is 31.5 Å². The van der Waals surface area contributed by atoms with Gasteiger partial charge in [0.25, 0.3) is 5.91 Å². The van der Waals surface area contributed by atoms with Crippen LogP contribution in [0, 0.1) is 6.92 Å². The third-order valence-corrected chi connectivity index (χ3v) is 3.62. The van der Waals surface area contributed by atoms with Crippen molar-refractivity contribution in [3.63, 3.8) is 0 Å². The summed E-state index contributed by atoms with van der Waals surface area (Å²) >= 11 is 6.34. The van der Waals surface area contributed by atoms with Crippen molar-refractivity contribution >= 4 is 34.5 Å². The molecule has 18 heavy (non-hydrogen) atoms. The van der Waals surface area contributed by atoms with Crippen molar-refractivity contribution in [3.8, 4) is 0 Å². The van der Waals surface area contributed by atoms with E-state index in [1.165, 1.54) is 11.3 Å². The van der Waals surface area contributed by atoms with Gasteiger partial charge in [-0.1, -0.05) is 12.2 Å². The largest absolute Gasteiger partial charge is 0.393 e. The van der Waals surface area contributed by atoms with E-state index >= 15 is 0 Å². The zero-order chi connectivity index (χ0) is 13.5. The van der Waals surface area contributed by atoms with Crippen molar-refractivity contribution < 1.29 is 9.53 Å². The van der Waals surface area contributed by atoms with Crippen LogP contribution in [0.25, 0.3) is 0 Å². The number of carbonyl (C=O) groups is 1. The summed E-state index contributed by atoms with van der Waals surface area (Å²) in [6, 6.07) is 3.79. The van der Waals surface area contributed by atoms with Crippen LogP contribution < -0.4 is 5.73 Å². The normalized spacial score (nSPS) is 10.3. The lowest BCUT2D eigenvalue weighted by atomic mass is 10.3. The molecule has 0 unspecified atom stereocenters. The van der Waals surface area contributed by atoms with Gasteiger partial charge in [0.1, 0.15) is 0 Å². The third kappa shape index (κ3) is 4.72. The molecule has 0 bridgehead atoms. The smallest absolute Gasteiger partial charge is 0.264 e. The maximum atomic E-state index is 12.3. The fourth-order valence-electron chi connectivity index (χ4n) is 1.47. The van der Waals surface area contributed by atoms with Crippen molar-refractivity contribution in [2.75, 3.05) is 26.8 Å². The van der Waals surface area contributed by atoms with Crippen LogP contribution in [0.2, 0.25) is 0 Å². The highest BCUT2D eigenvalue weighted by Gasteiger charge is 2.17. The zero-order valence-corrected chi connectivity index (χ0v) is 12.3. The number of methoxy groups -OCH3 is 1. The van der Waals surface area contributed by atoms with Gasteiger partial charge in [0.2, 0.25) is 0 Å². The molecular weight excluding hydrogens is 268 g/mol. The first-order chi connectivity index (χ1) is 8.54. The molecular formula is C12H18N2O2S2. The van der Waals surface area contributed by atoms with E-state index in [0.29, 0.717) is 31.1 Å². The number of aryl methyl sites for hydroxylation is 1. The fraction of sp³-hybridized carbons (Fsp3) is 0.500. The first kappa shape index (κ1) is 15.1. The van der Waals surface area contributed by atoms with E-state index in [2.05, 4.69) is 0 Å². The molecule has 0 saturated carbocycles. The summed E-state index contributed by atoms with van der Waals surface area (Å²) in [6.07, 6.45) is 0.537. The number of ether oxygens (including phenoxy) is 1. The van der Waals surface area contributed by atoms with E-state index < -0.39 is 0 Å². The number of nitrogens with zero attached hydrogens (tertiary/aromatic N) is 1. The molecule has 0 fully saturated rings. The predicted octanol–water partition coefficient (Wildman–Crippen LogP) is 1.82. The quantitative estimate of drug-likeness (QED) is 0.777. The number of thiophene rings is 1. The van der Waals surface area contributed by atoms with Gasteiger partial charge in [-0.25, -0.2) is 0 Å². The van der Waals surface area contributed by atoms with E-state index in [4.69, 9.17) is 22.7 Å². The molecule has 0 atom stereocenters. The second-order valence-electron chi connectivity index (χ2n) is 3.91. The van der Waals surface area contributed by atoms with Gasteiger partial charge in [0.15, 0.2) is 0 Å². The maximum absolute atomic E-state index is 12.3. The Kier molecular flexibility index (Phi) is 6.24. The lowest BCUT2D eigenvalue weighted by Crippen LogP contribution is -2.35. The molecule has 1 rings (SSSR count). The Hall–Kier alpha value is -0.980. The Morgan fingerprint density at radius 2 is 2.22 bits per heavy atom. The molecule has 0 spiro atoms. The molecule has 1 aromatic heterocycles. The lowest BCUT2D eigenvalue weighted by molar-refractivity contribution is 0.0706. The minimum absolute atomic E-state index is 0.0152. The summed E-state index contributed by atoms with van der Waals surface area (Å²) < 4.78 is 5.02. The highest BCUT2D eigenvalue weighted by Crippen LogP contribution is 2.17. The van der Waals surface area contributed by atoms with Crippen molar-refractivity contribution in [3.05, 3.63) is 21.9 Å². The Balaban J connectivity index is 2.68. The summed E-state index contributed by atoms with van der Waals surface area (Å²) in [5, 5.41) is 0. The van der Waals surface area contributed by atoms with Gasteiger partial charge in [0.05, 0.1) is 16.5 Å². The lowest BCUT2D eigenvalue weighted by Gasteiger charge is -2.21.